The lowest BCUT2D eigenvalue weighted by Gasteiger charge is -2.57. The van der Waals surface area contributed by atoms with Gasteiger partial charge in [-0.1, -0.05) is 109 Å². The first-order chi connectivity index (χ1) is 22.6. The van der Waals surface area contributed by atoms with E-state index >= 15 is 0 Å². The van der Waals surface area contributed by atoms with Crippen molar-refractivity contribution in [1.29, 1.82) is 5.26 Å². The standard InChI is InChI=1S/C42H34N4/c43-26-34-16-19-37(38-9-5-4-8-36(34)38)30-10-12-32(13-11-30)40-44-39(31-6-2-1-3-7-31)45-41(46-40)33-14-17-35(18-15-33)42-23-27-20-28(24-42)22-29(21-27)25-42/h1-19,27-29H,20-25H2/t27-,28+,29-,42?. The van der Waals surface area contributed by atoms with Gasteiger partial charge in [0.1, 0.15) is 0 Å². The van der Waals surface area contributed by atoms with E-state index in [1.54, 1.807) is 0 Å². The van der Waals surface area contributed by atoms with Crippen molar-refractivity contribution >= 4 is 10.8 Å². The zero-order valence-electron chi connectivity index (χ0n) is 25.7. The SMILES string of the molecule is N#Cc1ccc(-c2ccc(-c3nc(-c4ccccc4)nc(-c4ccc(C56C[C@H]7C[C@@H](C5)C[C@@H](C6)C7)cc4)n3)cc2)c2ccccc12. The Morgan fingerprint density at radius 2 is 0.978 bits per heavy atom. The molecule has 4 saturated carbocycles. The summed E-state index contributed by atoms with van der Waals surface area (Å²) in [7, 11) is 0. The average Bonchev–Trinajstić information content (AvgIpc) is 3.11. The number of nitriles is 1. The summed E-state index contributed by atoms with van der Waals surface area (Å²) < 4.78 is 0. The van der Waals surface area contributed by atoms with Gasteiger partial charge in [0.05, 0.1) is 11.6 Å². The van der Waals surface area contributed by atoms with Crippen molar-refractivity contribution < 1.29 is 0 Å². The lowest BCUT2D eigenvalue weighted by molar-refractivity contribution is -0.00518. The van der Waals surface area contributed by atoms with E-state index in [4.69, 9.17) is 15.0 Å². The fraction of sp³-hybridized carbons (Fsp3) is 0.238. The monoisotopic (exact) mass is 594 g/mol. The summed E-state index contributed by atoms with van der Waals surface area (Å²) in [4.78, 5) is 15.0. The Hall–Kier alpha value is -5.14. The summed E-state index contributed by atoms with van der Waals surface area (Å²) in [6, 6.07) is 42.2. The van der Waals surface area contributed by atoms with Gasteiger partial charge in [-0.15, -0.1) is 0 Å². The number of benzene rings is 5. The molecule has 0 spiro atoms. The third-order valence-corrected chi connectivity index (χ3v) is 11.0. The molecule has 0 atom stereocenters. The van der Waals surface area contributed by atoms with Crippen molar-refractivity contribution in [3.05, 3.63) is 126 Å². The van der Waals surface area contributed by atoms with Crippen LogP contribution < -0.4 is 0 Å². The minimum absolute atomic E-state index is 0.370. The molecule has 4 aliphatic carbocycles. The molecule has 4 nitrogen and oxygen atoms in total. The van der Waals surface area contributed by atoms with Gasteiger partial charge in [0, 0.05) is 22.1 Å². The molecule has 1 heterocycles. The number of aromatic nitrogens is 3. The summed E-state index contributed by atoms with van der Waals surface area (Å²) in [6.45, 7) is 0. The van der Waals surface area contributed by atoms with E-state index < -0.39 is 0 Å². The molecule has 0 N–H and O–H groups in total. The molecule has 0 unspecified atom stereocenters. The van der Waals surface area contributed by atoms with Crippen LogP contribution in [0.25, 0.3) is 56.1 Å². The van der Waals surface area contributed by atoms with Crippen molar-refractivity contribution in [2.45, 2.75) is 43.9 Å². The van der Waals surface area contributed by atoms with Gasteiger partial charge in [-0.05, 0) is 89.8 Å². The number of fused-ring (bicyclic) bond motifs is 1. The molecule has 5 aromatic carbocycles. The van der Waals surface area contributed by atoms with Gasteiger partial charge in [-0.25, -0.2) is 15.0 Å². The zero-order valence-corrected chi connectivity index (χ0v) is 25.7. The topological polar surface area (TPSA) is 62.5 Å². The lowest BCUT2D eigenvalue weighted by Crippen LogP contribution is -2.48. The number of hydrogen-bond acceptors (Lipinski definition) is 4. The highest BCUT2D eigenvalue weighted by Gasteiger charge is 2.51. The van der Waals surface area contributed by atoms with Crippen LogP contribution in [0, 0.1) is 29.1 Å². The van der Waals surface area contributed by atoms with Gasteiger partial charge in [0.15, 0.2) is 17.5 Å². The molecular weight excluding hydrogens is 560 g/mol. The Bertz CT molecular complexity index is 2090. The van der Waals surface area contributed by atoms with E-state index in [-0.39, 0.29) is 0 Å². The molecule has 0 aliphatic heterocycles. The van der Waals surface area contributed by atoms with E-state index in [1.807, 2.05) is 48.5 Å². The first-order valence-electron chi connectivity index (χ1n) is 16.6. The van der Waals surface area contributed by atoms with Crippen LogP contribution >= 0.6 is 0 Å². The van der Waals surface area contributed by atoms with Gasteiger partial charge < -0.3 is 0 Å². The molecule has 10 rings (SSSR count). The van der Waals surface area contributed by atoms with Crippen LogP contribution in [0.4, 0.5) is 0 Å². The van der Waals surface area contributed by atoms with Crippen molar-refractivity contribution in [3.63, 3.8) is 0 Å². The van der Waals surface area contributed by atoms with Crippen molar-refractivity contribution in [2.75, 3.05) is 0 Å². The average molecular weight is 595 g/mol. The largest absolute Gasteiger partial charge is 0.208 e. The summed E-state index contributed by atoms with van der Waals surface area (Å²) in [5.74, 6) is 4.80. The van der Waals surface area contributed by atoms with Gasteiger partial charge in [-0.2, -0.15) is 5.26 Å². The highest BCUT2D eigenvalue weighted by Crippen LogP contribution is 2.60. The molecule has 46 heavy (non-hydrogen) atoms. The van der Waals surface area contributed by atoms with E-state index in [0.717, 1.165) is 56.3 Å². The Labute approximate surface area is 269 Å². The predicted molar refractivity (Wildman–Crippen MR) is 184 cm³/mol. The smallest absolute Gasteiger partial charge is 0.164 e. The van der Waals surface area contributed by atoms with Crippen molar-refractivity contribution in [3.8, 4) is 51.4 Å². The van der Waals surface area contributed by atoms with E-state index in [9.17, 15) is 5.26 Å². The van der Waals surface area contributed by atoms with Gasteiger partial charge in [0.2, 0.25) is 0 Å². The summed E-state index contributed by atoms with van der Waals surface area (Å²) in [5.41, 5.74) is 7.69. The Morgan fingerprint density at radius 3 is 1.54 bits per heavy atom. The van der Waals surface area contributed by atoms with Crippen LogP contribution in [-0.4, -0.2) is 15.0 Å². The molecule has 6 aromatic rings. The fourth-order valence-electron chi connectivity index (χ4n) is 9.23. The molecule has 4 aliphatic rings. The Balaban J connectivity index is 1.09. The van der Waals surface area contributed by atoms with Crippen LogP contribution in [0.5, 0.6) is 0 Å². The van der Waals surface area contributed by atoms with Crippen LogP contribution in [-0.2, 0) is 5.41 Å². The van der Waals surface area contributed by atoms with Gasteiger partial charge >= 0.3 is 0 Å². The van der Waals surface area contributed by atoms with Crippen LogP contribution in [0.15, 0.2) is 115 Å². The van der Waals surface area contributed by atoms with Gasteiger partial charge in [-0.3, -0.25) is 0 Å². The zero-order chi connectivity index (χ0) is 30.7. The fourth-order valence-corrected chi connectivity index (χ4v) is 9.23. The molecule has 222 valence electrons. The molecular formula is C42H34N4. The van der Waals surface area contributed by atoms with E-state index in [1.165, 1.54) is 44.1 Å². The molecule has 4 fully saturated rings. The lowest BCUT2D eigenvalue weighted by atomic mass is 9.48. The quantitative estimate of drug-likeness (QED) is 0.199. The number of hydrogen-bond donors (Lipinski definition) is 0. The van der Waals surface area contributed by atoms with E-state index in [2.05, 4.69) is 72.8 Å². The Kier molecular flexibility index (Phi) is 6.35. The minimum Gasteiger partial charge on any atom is -0.208 e. The number of rotatable bonds is 5. The minimum atomic E-state index is 0.370. The molecule has 1 aromatic heterocycles. The summed E-state index contributed by atoms with van der Waals surface area (Å²) in [5, 5.41) is 11.7. The van der Waals surface area contributed by atoms with Crippen LogP contribution in [0.2, 0.25) is 0 Å². The second-order valence-electron chi connectivity index (χ2n) is 13.8. The highest BCUT2D eigenvalue weighted by atomic mass is 15.0. The van der Waals surface area contributed by atoms with E-state index in [0.29, 0.717) is 28.5 Å². The highest BCUT2D eigenvalue weighted by molar-refractivity contribution is 5.99. The second kappa shape index (κ2) is 10.7. The molecule has 0 saturated heterocycles. The normalized spacial score (nSPS) is 23.0. The van der Waals surface area contributed by atoms with Crippen molar-refractivity contribution in [2.24, 2.45) is 17.8 Å². The maximum absolute atomic E-state index is 9.62. The molecule has 4 heteroatoms. The van der Waals surface area contributed by atoms with Gasteiger partial charge in [0.25, 0.3) is 0 Å². The predicted octanol–water partition coefficient (Wildman–Crippen LogP) is 10.0. The maximum atomic E-state index is 9.62. The molecule has 0 radical (unpaired) electrons. The van der Waals surface area contributed by atoms with Crippen molar-refractivity contribution in [1.82, 2.24) is 15.0 Å². The Morgan fingerprint density at radius 1 is 0.500 bits per heavy atom. The first-order valence-corrected chi connectivity index (χ1v) is 16.6. The number of nitrogens with zero attached hydrogens (tertiary/aromatic N) is 4. The van der Waals surface area contributed by atoms with Crippen LogP contribution in [0.1, 0.15) is 49.7 Å². The molecule has 4 bridgehead atoms. The maximum Gasteiger partial charge on any atom is 0.164 e. The second-order valence-corrected chi connectivity index (χ2v) is 13.8. The molecule has 0 amide bonds. The summed E-state index contributed by atoms with van der Waals surface area (Å²) >= 11 is 0. The summed E-state index contributed by atoms with van der Waals surface area (Å²) in [6.07, 6.45) is 8.46. The van der Waals surface area contributed by atoms with Crippen LogP contribution in [0.3, 0.4) is 0 Å². The third-order valence-electron chi connectivity index (χ3n) is 11.0. The first kappa shape index (κ1) is 27.2. The third kappa shape index (κ3) is 4.62.